The molecule has 0 saturated carbocycles. The van der Waals surface area contributed by atoms with E-state index < -0.39 is 11.9 Å². The number of aromatic carboxylic acids is 1. The molecule has 0 unspecified atom stereocenters. The second-order valence-electron chi connectivity index (χ2n) is 3.76. The Hall–Kier alpha value is -2.11. The van der Waals surface area contributed by atoms with Crippen molar-refractivity contribution in [3.8, 4) is 0 Å². The zero-order valence-corrected chi connectivity index (χ0v) is 11.4. The number of hydrogen-bond donors (Lipinski definition) is 2. The van der Waals surface area contributed by atoms with Gasteiger partial charge in [0.25, 0.3) is 5.91 Å². The number of carbonyl (C=O) groups excluding carboxylic acids is 1. The molecule has 1 heterocycles. The standard InChI is InChI=1S/C13H8Cl2N2O3/c14-8-4-1-5-9(15)10(8)12(18)17-11-7(13(19)20)3-2-6-16-11/h1-6H,(H,19,20)(H,16,17,18). The SMILES string of the molecule is O=C(O)c1cccnc1NC(=O)c1c(Cl)cccc1Cl. The van der Waals surface area contributed by atoms with Crippen LogP contribution in [0.3, 0.4) is 0 Å². The van der Waals surface area contributed by atoms with Crippen LogP contribution < -0.4 is 5.32 Å². The average molecular weight is 311 g/mol. The normalized spacial score (nSPS) is 10.1. The van der Waals surface area contributed by atoms with E-state index in [9.17, 15) is 9.59 Å². The van der Waals surface area contributed by atoms with E-state index in [1.54, 1.807) is 6.07 Å². The first-order valence-electron chi connectivity index (χ1n) is 5.44. The summed E-state index contributed by atoms with van der Waals surface area (Å²) in [4.78, 5) is 27.0. The Morgan fingerprint density at radius 2 is 1.75 bits per heavy atom. The summed E-state index contributed by atoms with van der Waals surface area (Å²) in [6, 6.07) is 7.42. The quantitative estimate of drug-likeness (QED) is 0.911. The van der Waals surface area contributed by atoms with Crippen molar-refractivity contribution in [2.24, 2.45) is 0 Å². The van der Waals surface area contributed by atoms with Crippen LogP contribution in [0.15, 0.2) is 36.5 Å². The van der Waals surface area contributed by atoms with E-state index in [4.69, 9.17) is 28.3 Å². The van der Waals surface area contributed by atoms with E-state index in [-0.39, 0.29) is 27.0 Å². The Balaban J connectivity index is 2.36. The lowest BCUT2D eigenvalue weighted by Gasteiger charge is -2.09. The van der Waals surface area contributed by atoms with E-state index in [0.717, 1.165) is 0 Å². The fourth-order valence-corrected chi connectivity index (χ4v) is 2.13. The van der Waals surface area contributed by atoms with Crippen molar-refractivity contribution in [1.82, 2.24) is 4.98 Å². The molecular weight excluding hydrogens is 303 g/mol. The molecule has 0 radical (unpaired) electrons. The molecule has 2 rings (SSSR count). The van der Waals surface area contributed by atoms with Gasteiger partial charge < -0.3 is 10.4 Å². The highest BCUT2D eigenvalue weighted by Gasteiger charge is 2.18. The number of amides is 1. The van der Waals surface area contributed by atoms with Crippen molar-refractivity contribution < 1.29 is 14.7 Å². The van der Waals surface area contributed by atoms with Gasteiger partial charge in [0.1, 0.15) is 11.4 Å². The monoisotopic (exact) mass is 310 g/mol. The lowest BCUT2D eigenvalue weighted by atomic mass is 10.2. The van der Waals surface area contributed by atoms with Crippen molar-refractivity contribution >= 4 is 40.9 Å². The first-order valence-corrected chi connectivity index (χ1v) is 6.20. The second-order valence-corrected chi connectivity index (χ2v) is 4.57. The minimum absolute atomic E-state index is 0.0674. The third-order valence-corrected chi connectivity index (χ3v) is 3.09. The minimum atomic E-state index is -1.20. The van der Waals surface area contributed by atoms with Crippen LogP contribution in [0.5, 0.6) is 0 Å². The zero-order chi connectivity index (χ0) is 14.7. The minimum Gasteiger partial charge on any atom is -0.478 e. The van der Waals surface area contributed by atoms with Crippen LogP contribution in [0.2, 0.25) is 10.0 Å². The third-order valence-electron chi connectivity index (χ3n) is 2.46. The van der Waals surface area contributed by atoms with Crippen molar-refractivity contribution in [2.75, 3.05) is 5.32 Å². The van der Waals surface area contributed by atoms with Crippen LogP contribution in [0.4, 0.5) is 5.82 Å². The highest BCUT2D eigenvalue weighted by molar-refractivity contribution is 6.40. The van der Waals surface area contributed by atoms with Gasteiger partial charge >= 0.3 is 5.97 Å². The van der Waals surface area contributed by atoms with Gasteiger partial charge in [0.05, 0.1) is 15.6 Å². The summed E-state index contributed by atoms with van der Waals surface area (Å²) < 4.78 is 0. The number of nitrogens with zero attached hydrogens (tertiary/aromatic N) is 1. The predicted molar refractivity (Wildman–Crippen MR) is 75.6 cm³/mol. The maximum atomic E-state index is 12.1. The van der Waals surface area contributed by atoms with E-state index in [2.05, 4.69) is 10.3 Å². The van der Waals surface area contributed by atoms with Gasteiger partial charge in [-0.3, -0.25) is 4.79 Å². The molecule has 0 aliphatic carbocycles. The molecule has 0 spiro atoms. The summed E-state index contributed by atoms with van der Waals surface area (Å²) >= 11 is 11.8. The fourth-order valence-electron chi connectivity index (χ4n) is 1.56. The molecular formula is C13H8Cl2N2O3. The number of pyridine rings is 1. The van der Waals surface area contributed by atoms with Gasteiger partial charge in [0, 0.05) is 6.20 Å². The molecule has 1 aromatic heterocycles. The first kappa shape index (κ1) is 14.3. The summed E-state index contributed by atoms with van der Waals surface area (Å²) in [5.74, 6) is -1.89. The van der Waals surface area contributed by atoms with Crippen LogP contribution >= 0.6 is 23.2 Å². The molecule has 1 amide bonds. The van der Waals surface area contributed by atoms with Crippen LogP contribution in [0.25, 0.3) is 0 Å². The third kappa shape index (κ3) is 2.89. The average Bonchev–Trinajstić information content (AvgIpc) is 2.38. The lowest BCUT2D eigenvalue weighted by Crippen LogP contribution is -2.16. The Morgan fingerprint density at radius 1 is 1.10 bits per heavy atom. The first-order chi connectivity index (χ1) is 9.50. The number of carboxylic acids is 1. The molecule has 0 atom stereocenters. The number of carboxylic acid groups (broad SMARTS) is 1. The van der Waals surface area contributed by atoms with Crippen molar-refractivity contribution in [3.63, 3.8) is 0 Å². The van der Waals surface area contributed by atoms with Crippen LogP contribution in [-0.2, 0) is 0 Å². The molecule has 5 nitrogen and oxygen atoms in total. The van der Waals surface area contributed by atoms with Gasteiger partial charge in [-0.15, -0.1) is 0 Å². The van der Waals surface area contributed by atoms with E-state index in [1.807, 2.05) is 0 Å². The van der Waals surface area contributed by atoms with Gasteiger partial charge in [0.15, 0.2) is 0 Å². The lowest BCUT2D eigenvalue weighted by molar-refractivity contribution is 0.0697. The molecule has 0 bridgehead atoms. The molecule has 102 valence electrons. The molecule has 0 aliphatic heterocycles. The maximum absolute atomic E-state index is 12.1. The predicted octanol–water partition coefficient (Wildman–Crippen LogP) is 3.34. The smallest absolute Gasteiger partial charge is 0.339 e. The van der Waals surface area contributed by atoms with E-state index >= 15 is 0 Å². The summed E-state index contributed by atoms with van der Waals surface area (Å²) in [5, 5.41) is 11.7. The molecule has 0 aliphatic rings. The van der Waals surface area contributed by atoms with Crippen LogP contribution in [0.1, 0.15) is 20.7 Å². The molecule has 2 aromatic rings. The number of anilines is 1. The number of rotatable bonds is 3. The summed E-state index contributed by atoms with van der Waals surface area (Å²) in [6.45, 7) is 0. The van der Waals surface area contributed by atoms with Crippen LogP contribution in [0, 0.1) is 0 Å². The van der Waals surface area contributed by atoms with Crippen molar-refractivity contribution in [2.45, 2.75) is 0 Å². The van der Waals surface area contributed by atoms with Crippen LogP contribution in [-0.4, -0.2) is 22.0 Å². The van der Waals surface area contributed by atoms with Crippen molar-refractivity contribution in [3.05, 3.63) is 57.7 Å². The summed E-state index contributed by atoms with van der Waals surface area (Å²) in [5.41, 5.74) is -0.0538. The maximum Gasteiger partial charge on any atom is 0.339 e. The Morgan fingerprint density at radius 3 is 2.35 bits per heavy atom. The highest BCUT2D eigenvalue weighted by Crippen LogP contribution is 2.25. The van der Waals surface area contributed by atoms with E-state index in [0.29, 0.717) is 0 Å². The number of carbonyl (C=O) groups is 2. The van der Waals surface area contributed by atoms with Gasteiger partial charge in [0.2, 0.25) is 0 Å². The molecule has 7 heteroatoms. The Labute approximate surface area is 124 Å². The Bertz CT molecular complexity index is 669. The molecule has 2 N–H and O–H groups in total. The van der Waals surface area contributed by atoms with Crippen molar-refractivity contribution in [1.29, 1.82) is 0 Å². The molecule has 1 aromatic carbocycles. The van der Waals surface area contributed by atoms with Gasteiger partial charge in [-0.2, -0.15) is 0 Å². The second kappa shape index (κ2) is 5.90. The fraction of sp³-hybridized carbons (Fsp3) is 0. The van der Waals surface area contributed by atoms with E-state index in [1.165, 1.54) is 30.5 Å². The number of aromatic nitrogens is 1. The summed E-state index contributed by atoms with van der Waals surface area (Å²) in [6.07, 6.45) is 1.37. The molecule has 20 heavy (non-hydrogen) atoms. The van der Waals surface area contributed by atoms with Gasteiger partial charge in [-0.05, 0) is 24.3 Å². The van der Waals surface area contributed by atoms with Gasteiger partial charge in [-0.1, -0.05) is 29.3 Å². The number of benzene rings is 1. The number of hydrogen-bond acceptors (Lipinski definition) is 3. The van der Waals surface area contributed by atoms with Gasteiger partial charge in [-0.25, -0.2) is 9.78 Å². The topological polar surface area (TPSA) is 79.3 Å². The zero-order valence-electron chi connectivity index (χ0n) is 9.93. The Kier molecular flexibility index (Phi) is 4.22. The molecule has 0 saturated heterocycles. The highest BCUT2D eigenvalue weighted by atomic mass is 35.5. The molecule has 0 fully saturated rings. The number of nitrogens with one attached hydrogen (secondary N) is 1. The summed E-state index contributed by atoms with van der Waals surface area (Å²) in [7, 11) is 0. The number of halogens is 2. The largest absolute Gasteiger partial charge is 0.478 e.